The van der Waals surface area contributed by atoms with E-state index in [1.807, 2.05) is 0 Å². The van der Waals surface area contributed by atoms with Crippen LogP contribution in [0.2, 0.25) is 0 Å². The summed E-state index contributed by atoms with van der Waals surface area (Å²) in [5, 5.41) is 15.0. The molecule has 10 atom stereocenters. The predicted octanol–water partition coefficient (Wildman–Crippen LogP) is 3.51. The first kappa shape index (κ1) is 31.3. The van der Waals surface area contributed by atoms with Crippen LogP contribution >= 0.6 is 0 Å². The maximum absolute atomic E-state index is 15.1. The number of carbonyl (C=O) groups is 4. The van der Waals surface area contributed by atoms with E-state index in [-0.39, 0.29) is 37.0 Å². The van der Waals surface area contributed by atoms with Crippen LogP contribution in [0.25, 0.3) is 0 Å². The van der Waals surface area contributed by atoms with Gasteiger partial charge in [-0.2, -0.15) is 5.26 Å². The number of nitrogens with one attached hydrogen (secondary N) is 2. The fourth-order valence-corrected chi connectivity index (χ4v) is 8.16. The maximum Gasteiger partial charge on any atom is 0.260 e. The zero-order valence-electron chi connectivity index (χ0n) is 25.3. The Hall–Kier alpha value is -3.69. The molecule has 4 amide bonds. The molecular formula is C32H37F4N5O4. The summed E-state index contributed by atoms with van der Waals surface area (Å²) in [6.45, 7) is 5.03. The molecular weight excluding hydrogens is 594 g/mol. The van der Waals surface area contributed by atoms with Gasteiger partial charge in [-0.3, -0.25) is 19.2 Å². The third-order valence-corrected chi connectivity index (χ3v) is 10.6. The van der Waals surface area contributed by atoms with Gasteiger partial charge in [-0.1, -0.05) is 32.9 Å². The van der Waals surface area contributed by atoms with Gasteiger partial charge in [0.2, 0.25) is 23.6 Å². The summed E-state index contributed by atoms with van der Waals surface area (Å²) in [4.78, 5) is 57.1. The van der Waals surface area contributed by atoms with Crippen molar-refractivity contribution in [2.75, 3.05) is 18.4 Å². The lowest BCUT2D eigenvalue weighted by molar-refractivity contribution is -0.149. The van der Waals surface area contributed by atoms with Crippen molar-refractivity contribution in [3.05, 3.63) is 30.1 Å². The maximum atomic E-state index is 15.1. The minimum absolute atomic E-state index is 0.00858. The Bertz CT molecular complexity index is 1460. The third kappa shape index (κ3) is 5.44. The first-order chi connectivity index (χ1) is 21.1. The standard InChI is InChI=1S/C32H37F4N5O4/c1-31(2,3)26(39-28(43)20-11-32(20,35)36)30(45)41-14-19-15-9-18(22(34)10-15)24(19)25(41)29(44)40-13-16(8-17(40)12-37)27(42)38-23-7-5-4-6-21(23)33/h4-7,15-20,22,24-26H,8-11,13-14H2,1-3H3,(H,38,42)(H,39,43). The highest BCUT2D eigenvalue weighted by Crippen LogP contribution is 2.59. The molecule has 2 saturated heterocycles. The fraction of sp³-hybridized carbons (Fsp3) is 0.656. The molecule has 2 aliphatic heterocycles. The largest absolute Gasteiger partial charge is 0.343 e. The topological polar surface area (TPSA) is 123 Å². The van der Waals surface area contributed by atoms with Gasteiger partial charge >= 0.3 is 0 Å². The number of halogens is 4. The SMILES string of the molecule is CC(C)(C)C(NC(=O)C1CC1(F)F)C(=O)N1CC2C3CC(F)C(C3)C2C1C(=O)N1CC(C(=O)Nc2ccccc2F)CC1C#N. The van der Waals surface area contributed by atoms with Crippen molar-refractivity contribution in [3.63, 3.8) is 0 Å². The molecule has 242 valence electrons. The van der Waals surface area contributed by atoms with Crippen molar-refractivity contribution in [3.8, 4) is 6.07 Å². The second kappa shape index (κ2) is 11.0. The van der Waals surface area contributed by atoms with Crippen LogP contribution < -0.4 is 10.6 Å². The number of nitriles is 1. The highest BCUT2D eigenvalue weighted by molar-refractivity contribution is 5.96. The van der Waals surface area contributed by atoms with Crippen LogP contribution in [0.15, 0.2) is 24.3 Å². The molecule has 2 bridgehead atoms. The molecule has 5 fully saturated rings. The Balaban J connectivity index is 1.27. The first-order valence-corrected chi connectivity index (χ1v) is 15.5. The van der Waals surface area contributed by atoms with Gasteiger partial charge < -0.3 is 20.4 Å². The summed E-state index contributed by atoms with van der Waals surface area (Å²) < 4.78 is 56.7. The molecule has 0 radical (unpaired) electrons. The van der Waals surface area contributed by atoms with Crippen molar-refractivity contribution in [2.24, 2.45) is 40.9 Å². The van der Waals surface area contributed by atoms with E-state index in [2.05, 4.69) is 16.7 Å². The Labute approximate surface area is 258 Å². The number of para-hydroxylation sites is 1. The van der Waals surface area contributed by atoms with E-state index in [9.17, 15) is 37.6 Å². The van der Waals surface area contributed by atoms with Gasteiger partial charge in [-0.05, 0) is 60.5 Å². The second-order valence-corrected chi connectivity index (χ2v) is 14.5. The van der Waals surface area contributed by atoms with Gasteiger partial charge in [-0.25, -0.2) is 17.6 Å². The van der Waals surface area contributed by atoms with E-state index in [4.69, 9.17) is 0 Å². The van der Waals surface area contributed by atoms with Crippen molar-refractivity contribution < 1.29 is 36.7 Å². The lowest BCUT2D eigenvalue weighted by atomic mass is 9.77. The van der Waals surface area contributed by atoms with Crippen LogP contribution in [-0.4, -0.2) is 76.7 Å². The predicted molar refractivity (Wildman–Crippen MR) is 152 cm³/mol. The molecule has 13 heteroatoms. The van der Waals surface area contributed by atoms with E-state index >= 15 is 4.39 Å². The Morgan fingerprint density at radius 1 is 1.02 bits per heavy atom. The van der Waals surface area contributed by atoms with Crippen LogP contribution in [0.4, 0.5) is 23.2 Å². The summed E-state index contributed by atoms with van der Waals surface area (Å²) in [5.41, 5.74) is -0.950. The highest BCUT2D eigenvalue weighted by atomic mass is 19.3. The summed E-state index contributed by atoms with van der Waals surface area (Å²) >= 11 is 0. The van der Waals surface area contributed by atoms with Gasteiger partial charge in [0.25, 0.3) is 5.92 Å². The molecule has 2 N–H and O–H groups in total. The number of rotatable bonds is 6. The lowest BCUT2D eigenvalue weighted by Gasteiger charge is -2.38. The molecule has 1 aromatic rings. The molecule has 3 saturated carbocycles. The molecule has 0 spiro atoms. The van der Waals surface area contributed by atoms with E-state index in [1.165, 1.54) is 28.0 Å². The van der Waals surface area contributed by atoms with Crippen molar-refractivity contribution in [2.45, 2.75) is 76.7 Å². The minimum Gasteiger partial charge on any atom is -0.343 e. The van der Waals surface area contributed by atoms with Crippen molar-refractivity contribution in [1.29, 1.82) is 5.26 Å². The first-order valence-electron chi connectivity index (χ1n) is 15.5. The molecule has 0 aromatic heterocycles. The van der Waals surface area contributed by atoms with Gasteiger partial charge in [0.05, 0.1) is 17.7 Å². The smallest absolute Gasteiger partial charge is 0.260 e. The van der Waals surface area contributed by atoms with Crippen LogP contribution in [0, 0.1) is 58.1 Å². The van der Waals surface area contributed by atoms with E-state index < -0.39 is 95.2 Å². The number of alkyl halides is 3. The van der Waals surface area contributed by atoms with Gasteiger partial charge in [0.1, 0.15) is 36.0 Å². The quantitative estimate of drug-likeness (QED) is 0.466. The number of anilines is 1. The molecule has 45 heavy (non-hydrogen) atoms. The second-order valence-electron chi connectivity index (χ2n) is 14.5. The highest BCUT2D eigenvalue weighted by Gasteiger charge is 2.65. The number of carbonyl (C=O) groups excluding carboxylic acids is 4. The summed E-state index contributed by atoms with van der Waals surface area (Å²) in [6, 6.07) is 4.29. The number of hydrogen-bond acceptors (Lipinski definition) is 5. The van der Waals surface area contributed by atoms with Crippen LogP contribution in [0.5, 0.6) is 0 Å². The molecule has 10 unspecified atom stereocenters. The normalized spacial score (nSPS) is 35.0. The fourth-order valence-electron chi connectivity index (χ4n) is 8.16. The number of fused-ring (bicyclic) bond motifs is 5. The number of benzene rings is 1. The number of likely N-dealkylation sites (tertiary alicyclic amines) is 2. The third-order valence-electron chi connectivity index (χ3n) is 10.6. The molecule has 5 aliphatic rings. The summed E-state index contributed by atoms with van der Waals surface area (Å²) in [6.07, 6.45) is -0.857. The summed E-state index contributed by atoms with van der Waals surface area (Å²) in [5.74, 6) is -10.1. The Kier molecular flexibility index (Phi) is 7.64. The van der Waals surface area contributed by atoms with E-state index in [0.29, 0.717) is 12.8 Å². The van der Waals surface area contributed by atoms with Gasteiger partial charge in [0, 0.05) is 19.5 Å². The minimum atomic E-state index is -3.13. The average molecular weight is 632 g/mol. The van der Waals surface area contributed by atoms with E-state index in [0.717, 1.165) is 0 Å². The monoisotopic (exact) mass is 631 g/mol. The van der Waals surface area contributed by atoms with Crippen LogP contribution in [-0.2, 0) is 19.2 Å². The van der Waals surface area contributed by atoms with Crippen LogP contribution in [0.1, 0.15) is 46.5 Å². The lowest BCUT2D eigenvalue weighted by Crippen LogP contribution is -2.60. The van der Waals surface area contributed by atoms with Gasteiger partial charge in [-0.15, -0.1) is 0 Å². The molecule has 9 nitrogen and oxygen atoms in total. The zero-order valence-corrected chi connectivity index (χ0v) is 25.3. The number of hydrogen-bond donors (Lipinski definition) is 2. The zero-order chi connectivity index (χ0) is 32.6. The molecule has 6 rings (SSSR count). The molecule has 2 heterocycles. The van der Waals surface area contributed by atoms with E-state index in [1.54, 1.807) is 26.8 Å². The number of amides is 4. The molecule has 3 aliphatic carbocycles. The van der Waals surface area contributed by atoms with Crippen molar-refractivity contribution in [1.82, 2.24) is 15.1 Å². The Morgan fingerprint density at radius 3 is 2.33 bits per heavy atom. The average Bonchev–Trinajstić information content (AvgIpc) is 3.46. The van der Waals surface area contributed by atoms with Crippen LogP contribution in [0.3, 0.4) is 0 Å². The van der Waals surface area contributed by atoms with Crippen molar-refractivity contribution >= 4 is 29.3 Å². The Morgan fingerprint density at radius 2 is 1.71 bits per heavy atom. The molecule has 1 aromatic carbocycles. The summed E-state index contributed by atoms with van der Waals surface area (Å²) in [7, 11) is 0. The van der Waals surface area contributed by atoms with Gasteiger partial charge in [0.15, 0.2) is 0 Å². The number of nitrogens with zero attached hydrogens (tertiary/aromatic N) is 3.